The fraction of sp³-hybridized carbons (Fsp3) is 0.375. The van der Waals surface area contributed by atoms with Gasteiger partial charge in [0.1, 0.15) is 18.0 Å². The van der Waals surface area contributed by atoms with Gasteiger partial charge in [-0.3, -0.25) is 4.79 Å². The summed E-state index contributed by atoms with van der Waals surface area (Å²) in [7, 11) is 0. The minimum absolute atomic E-state index is 0.167. The van der Waals surface area contributed by atoms with Crippen molar-refractivity contribution in [3.8, 4) is 11.1 Å². The number of nitrogens with zero attached hydrogens (tertiary/aromatic N) is 1. The number of carbonyl (C=O) groups excluding carboxylic acids is 2. The second-order valence-electron chi connectivity index (χ2n) is 11.1. The molecule has 3 aromatic rings. The number of amides is 1. The third-order valence-electron chi connectivity index (χ3n) is 6.61. The van der Waals surface area contributed by atoms with Crippen LogP contribution in [0.4, 0.5) is 9.18 Å². The average molecular weight is 518 g/mol. The lowest BCUT2D eigenvalue weighted by Crippen LogP contribution is -2.37. The minimum Gasteiger partial charge on any atom is -0.460 e. The maximum absolute atomic E-state index is 14.9. The maximum Gasteiger partial charge on any atom is 0.410 e. The molecular formula is C32H36FNO4. The number of hydrogen-bond acceptors (Lipinski definition) is 4. The highest BCUT2D eigenvalue weighted by atomic mass is 19.1. The lowest BCUT2D eigenvalue weighted by Gasteiger charge is -2.30. The number of esters is 1. The number of fused-ring (bicyclic) bond motifs is 1. The van der Waals surface area contributed by atoms with Gasteiger partial charge < -0.3 is 14.4 Å². The summed E-state index contributed by atoms with van der Waals surface area (Å²) >= 11 is 0. The Morgan fingerprint density at radius 1 is 0.947 bits per heavy atom. The summed E-state index contributed by atoms with van der Waals surface area (Å²) in [6.07, 6.45) is 0.190. The second kappa shape index (κ2) is 11.4. The summed E-state index contributed by atoms with van der Waals surface area (Å²) < 4.78 is 25.9. The molecule has 4 rings (SSSR count). The molecule has 0 aromatic heterocycles. The summed E-state index contributed by atoms with van der Waals surface area (Å²) in [5.41, 5.74) is 5.62. The molecule has 0 saturated carbocycles. The van der Waals surface area contributed by atoms with E-state index in [0.29, 0.717) is 18.5 Å². The van der Waals surface area contributed by atoms with Crippen molar-refractivity contribution in [2.75, 3.05) is 6.54 Å². The first kappa shape index (κ1) is 27.4. The number of benzene rings is 3. The Kier molecular flexibility index (Phi) is 8.20. The van der Waals surface area contributed by atoms with E-state index < -0.39 is 11.7 Å². The highest BCUT2D eigenvalue weighted by Crippen LogP contribution is 2.37. The molecule has 1 aliphatic heterocycles. The molecule has 0 atom stereocenters. The Balaban J connectivity index is 1.60. The molecule has 0 aliphatic carbocycles. The van der Waals surface area contributed by atoms with Gasteiger partial charge in [-0.15, -0.1) is 0 Å². The van der Waals surface area contributed by atoms with Gasteiger partial charge in [0.2, 0.25) is 0 Å². The summed E-state index contributed by atoms with van der Waals surface area (Å²) in [6, 6.07) is 18.8. The summed E-state index contributed by atoms with van der Waals surface area (Å²) in [6.45, 7) is 10.6. The molecule has 200 valence electrons. The second-order valence-corrected chi connectivity index (χ2v) is 11.1. The first-order chi connectivity index (χ1) is 18.0. The molecule has 3 aromatic carbocycles. The van der Waals surface area contributed by atoms with Crippen molar-refractivity contribution in [2.45, 2.75) is 72.1 Å². The van der Waals surface area contributed by atoms with Crippen LogP contribution >= 0.6 is 0 Å². The van der Waals surface area contributed by atoms with Crippen molar-refractivity contribution in [2.24, 2.45) is 0 Å². The van der Waals surface area contributed by atoms with Crippen LogP contribution < -0.4 is 0 Å². The average Bonchev–Trinajstić information content (AvgIpc) is 2.87. The van der Waals surface area contributed by atoms with Gasteiger partial charge in [0, 0.05) is 13.1 Å². The van der Waals surface area contributed by atoms with E-state index in [1.54, 1.807) is 11.0 Å². The molecule has 0 radical (unpaired) electrons. The molecule has 0 spiro atoms. The molecule has 0 saturated heterocycles. The van der Waals surface area contributed by atoms with Gasteiger partial charge in [-0.25, -0.2) is 9.18 Å². The van der Waals surface area contributed by atoms with Crippen molar-refractivity contribution in [3.63, 3.8) is 0 Å². The van der Waals surface area contributed by atoms with Crippen LogP contribution in [0, 0.1) is 5.82 Å². The topological polar surface area (TPSA) is 55.8 Å². The van der Waals surface area contributed by atoms with E-state index in [4.69, 9.17) is 9.47 Å². The lowest BCUT2D eigenvalue weighted by atomic mass is 9.85. The van der Waals surface area contributed by atoms with Gasteiger partial charge in [0.25, 0.3) is 0 Å². The van der Waals surface area contributed by atoms with E-state index in [0.717, 1.165) is 33.4 Å². The van der Waals surface area contributed by atoms with Crippen molar-refractivity contribution in [1.82, 2.24) is 4.90 Å². The van der Waals surface area contributed by atoms with E-state index in [2.05, 4.69) is 13.8 Å². The molecule has 0 bridgehead atoms. The fourth-order valence-electron chi connectivity index (χ4n) is 4.84. The largest absolute Gasteiger partial charge is 0.460 e. The van der Waals surface area contributed by atoms with Gasteiger partial charge in [0.15, 0.2) is 0 Å². The SMILES string of the molecule is CC(C)c1cc(CC(=O)OC(C)(C)C)ccc1-c1ccc(F)c2c1CN(C(=O)OCc1ccccc1)CC2. The molecular weight excluding hydrogens is 481 g/mol. The zero-order valence-electron chi connectivity index (χ0n) is 22.8. The monoisotopic (exact) mass is 517 g/mol. The van der Waals surface area contributed by atoms with Crippen LogP contribution in [0.2, 0.25) is 0 Å². The molecule has 38 heavy (non-hydrogen) atoms. The van der Waals surface area contributed by atoms with Crippen LogP contribution in [0.25, 0.3) is 11.1 Å². The highest BCUT2D eigenvalue weighted by molar-refractivity contribution is 5.77. The number of ether oxygens (including phenoxy) is 2. The Hall–Kier alpha value is -3.67. The molecule has 0 N–H and O–H groups in total. The third-order valence-corrected chi connectivity index (χ3v) is 6.61. The Morgan fingerprint density at radius 3 is 2.34 bits per heavy atom. The van der Waals surface area contributed by atoms with Crippen LogP contribution in [0.5, 0.6) is 0 Å². The van der Waals surface area contributed by atoms with Crippen LogP contribution in [-0.4, -0.2) is 29.1 Å². The van der Waals surface area contributed by atoms with Crippen molar-refractivity contribution in [1.29, 1.82) is 0 Å². The number of halogens is 1. The minimum atomic E-state index is -0.542. The molecule has 0 fully saturated rings. The number of hydrogen-bond donors (Lipinski definition) is 0. The third kappa shape index (κ3) is 6.60. The van der Waals surface area contributed by atoms with Crippen LogP contribution in [0.3, 0.4) is 0 Å². The quantitative estimate of drug-likeness (QED) is 0.325. The van der Waals surface area contributed by atoms with Crippen molar-refractivity contribution in [3.05, 3.63) is 94.3 Å². The van der Waals surface area contributed by atoms with Gasteiger partial charge in [-0.2, -0.15) is 0 Å². The van der Waals surface area contributed by atoms with E-state index in [1.165, 1.54) is 6.07 Å². The zero-order chi connectivity index (χ0) is 27.4. The molecule has 5 nitrogen and oxygen atoms in total. The number of rotatable bonds is 6. The molecule has 1 aliphatic rings. The van der Waals surface area contributed by atoms with Gasteiger partial charge in [0.05, 0.1) is 6.42 Å². The lowest BCUT2D eigenvalue weighted by molar-refractivity contribution is -0.153. The summed E-state index contributed by atoms with van der Waals surface area (Å²) in [5, 5.41) is 0. The van der Waals surface area contributed by atoms with Crippen LogP contribution in [0.15, 0.2) is 60.7 Å². The van der Waals surface area contributed by atoms with E-state index >= 15 is 0 Å². The highest BCUT2D eigenvalue weighted by Gasteiger charge is 2.27. The summed E-state index contributed by atoms with van der Waals surface area (Å²) in [5.74, 6) is -0.364. The summed E-state index contributed by atoms with van der Waals surface area (Å²) in [4.78, 5) is 27.0. The molecule has 0 unspecified atom stereocenters. The van der Waals surface area contributed by atoms with Gasteiger partial charge in [-0.1, -0.05) is 68.4 Å². The first-order valence-corrected chi connectivity index (χ1v) is 13.1. The normalized spacial score (nSPS) is 13.3. The fourth-order valence-corrected chi connectivity index (χ4v) is 4.84. The standard InChI is InChI=1S/C32H36FNO4/c1-21(2)27-17-23(18-30(35)38-32(3,4)5)11-12-24(27)25-13-14-29(33)26-15-16-34(19-28(25)26)31(36)37-20-22-9-7-6-8-10-22/h6-14,17,21H,15-16,18-20H2,1-5H3. The van der Waals surface area contributed by atoms with Crippen molar-refractivity contribution < 1.29 is 23.5 Å². The zero-order valence-corrected chi connectivity index (χ0v) is 22.8. The smallest absolute Gasteiger partial charge is 0.410 e. The predicted molar refractivity (Wildman–Crippen MR) is 146 cm³/mol. The maximum atomic E-state index is 14.9. The molecule has 1 amide bonds. The van der Waals surface area contributed by atoms with Crippen LogP contribution in [-0.2, 0) is 40.3 Å². The van der Waals surface area contributed by atoms with Crippen LogP contribution in [0.1, 0.15) is 68.4 Å². The van der Waals surface area contributed by atoms with Gasteiger partial charge in [-0.05, 0) is 78.1 Å². The Bertz CT molecular complexity index is 1310. The molecule has 6 heteroatoms. The van der Waals surface area contributed by atoms with Gasteiger partial charge >= 0.3 is 12.1 Å². The van der Waals surface area contributed by atoms with Crippen molar-refractivity contribution >= 4 is 12.1 Å². The predicted octanol–water partition coefficient (Wildman–Crippen LogP) is 7.20. The van der Waals surface area contributed by atoms with E-state index in [-0.39, 0.29) is 37.3 Å². The molecule has 1 heterocycles. The van der Waals surface area contributed by atoms with E-state index in [1.807, 2.05) is 69.3 Å². The Labute approximate surface area is 224 Å². The number of carbonyl (C=O) groups is 2. The first-order valence-electron chi connectivity index (χ1n) is 13.1. The Morgan fingerprint density at radius 2 is 1.66 bits per heavy atom. The van der Waals surface area contributed by atoms with E-state index in [9.17, 15) is 14.0 Å².